The molecular weight excluding hydrogens is 506 g/mol. The van der Waals surface area contributed by atoms with E-state index in [1.165, 1.54) is 22.2 Å². The van der Waals surface area contributed by atoms with E-state index in [4.69, 9.17) is 21.9 Å². The molecule has 0 spiro atoms. The normalized spacial score (nSPS) is 17.9. The molecule has 192 valence electrons. The Hall–Kier alpha value is -3.05. The van der Waals surface area contributed by atoms with Crippen LogP contribution in [0.3, 0.4) is 0 Å². The molecule has 10 heteroatoms. The number of amides is 1. The van der Waals surface area contributed by atoms with Gasteiger partial charge in [-0.15, -0.1) is 0 Å². The van der Waals surface area contributed by atoms with Crippen molar-refractivity contribution in [1.82, 2.24) is 19.2 Å². The highest BCUT2D eigenvalue weighted by molar-refractivity contribution is 8.26. The number of hydrogen-bond acceptors (Lipinski definition) is 8. The summed E-state index contributed by atoms with van der Waals surface area (Å²) in [5.74, 6) is 0.403. The van der Waals surface area contributed by atoms with Crippen LogP contribution in [0.15, 0.2) is 58.4 Å². The van der Waals surface area contributed by atoms with Gasteiger partial charge < -0.3 is 9.64 Å². The third-order valence-electron chi connectivity index (χ3n) is 6.65. The van der Waals surface area contributed by atoms with Crippen LogP contribution in [-0.2, 0) is 16.1 Å². The molecule has 5 rings (SSSR count). The largest absolute Gasteiger partial charge is 0.383 e. The number of carbonyl (C=O) groups excluding carboxylic acids is 1. The maximum absolute atomic E-state index is 13.7. The molecule has 1 amide bonds. The molecule has 0 aliphatic carbocycles. The monoisotopic (exact) mass is 535 g/mol. The minimum atomic E-state index is -0.209. The molecule has 2 aliphatic rings. The Morgan fingerprint density at radius 3 is 2.57 bits per heavy atom. The molecule has 0 radical (unpaired) electrons. The Kier molecular flexibility index (Phi) is 7.71. The third-order valence-corrected chi connectivity index (χ3v) is 8.03. The summed E-state index contributed by atoms with van der Waals surface area (Å²) in [6.45, 7) is 6.77. The van der Waals surface area contributed by atoms with Crippen LogP contribution in [-0.4, -0.2) is 75.9 Å². The molecule has 3 aromatic rings. The van der Waals surface area contributed by atoms with Crippen LogP contribution in [0.25, 0.3) is 11.7 Å². The van der Waals surface area contributed by atoms with Gasteiger partial charge in [0.25, 0.3) is 11.5 Å². The highest BCUT2D eigenvalue weighted by Crippen LogP contribution is 2.33. The number of carbonyl (C=O) groups is 1. The van der Waals surface area contributed by atoms with Crippen molar-refractivity contribution >= 4 is 51.7 Å². The van der Waals surface area contributed by atoms with E-state index >= 15 is 0 Å². The lowest BCUT2D eigenvalue weighted by Crippen LogP contribution is -2.47. The van der Waals surface area contributed by atoms with E-state index in [2.05, 4.69) is 34.1 Å². The molecule has 0 bridgehead atoms. The van der Waals surface area contributed by atoms with Crippen molar-refractivity contribution in [3.8, 4) is 0 Å². The Balaban J connectivity index is 1.48. The second-order valence-electron chi connectivity index (χ2n) is 9.11. The molecule has 0 saturated carbocycles. The molecule has 8 nitrogen and oxygen atoms in total. The van der Waals surface area contributed by atoms with Gasteiger partial charge in [0, 0.05) is 46.0 Å². The first-order valence-corrected chi connectivity index (χ1v) is 13.5. The first kappa shape index (κ1) is 25.6. The van der Waals surface area contributed by atoms with Crippen LogP contribution in [0.2, 0.25) is 0 Å². The number of pyridine rings is 1. The van der Waals surface area contributed by atoms with Gasteiger partial charge in [0.1, 0.15) is 15.8 Å². The average molecular weight is 536 g/mol. The summed E-state index contributed by atoms with van der Waals surface area (Å²) >= 11 is 6.64. The number of anilines is 1. The summed E-state index contributed by atoms with van der Waals surface area (Å²) in [5.41, 5.74) is 3.04. The second-order valence-corrected chi connectivity index (χ2v) is 10.8. The fourth-order valence-corrected chi connectivity index (χ4v) is 5.92. The van der Waals surface area contributed by atoms with Crippen molar-refractivity contribution in [1.29, 1.82) is 0 Å². The SMILES string of the molecule is COCCN1C(=O)C(=Cc2c(N3CCN(Cc4ccccc4)CC3)nc3c(C)cccn3c2=O)SC1=S. The lowest BCUT2D eigenvalue weighted by atomic mass is 10.1. The van der Waals surface area contributed by atoms with Gasteiger partial charge in [-0.3, -0.25) is 23.8 Å². The number of methoxy groups -OCH3 is 1. The summed E-state index contributed by atoms with van der Waals surface area (Å²) < 4.78 is 7.15. The number of nitrogens with zero attached hydrogens (tertiary/aromatic N) is 5. The molecule has 2 aliphatic heterocycles. The zero-order valence-electron chi connectivity index (χ0n) is 20.9. The zero-order valence-corrected chi connectivity index (χ0v) is 22.6. The van der Waals surface area contributed by atoms with Gasteiger partial charge in [0.2, 0.25) is 0 Å². The topological polar surface area (TPSA) is 70.4 Å². The minimum absolute atomic E-state index is 0.197. The summed E-state index contributed by atoms with van der Waals surface area (Å²) in [6.07, 6.45) is 3.39. The van der Waals surface area contributed by atoms with E-state index < -0.39 is 0 Å². The zero-order chi connectivity index (χ0) is 25.9. The summed E-state index contributed by atoms with van der Waals surface area (Å²) in [7, 11) is 1.59. The van der Waals surface area contributed by atoms with Gasteiger partial charge in [-0.05, 0) is 30.2 Å². The summed E-state index contributed by atoms with van der Waals surface area (Å²) in [6, 6.07) is 14.2. The molecular formula is C27H29N5O3S2. The second kappa shape index (κ2) is 11.1. The minimum Gasteiger partial charge on any atom is -0.383 e. The smallest absolute Gasteiger partial charge is 0.267 e. The number of piperazine rings is 1. The predicted octanol–water partition coefficient (Wildman–Crippen LogP) is 3.17. The van der Waals surface area contributed by atoms with Crippen molar-refractivity contribution in [3.05, 3.63) is 80.6 Å². The number of hydrogen-bond donors (Lipinski definition) is 0. The standard InChI is InChI=1S/C27H29N5O3S2/c1-19-7-6-10-31-23(19)28-24(30-13-11-29(12-14-30)18-20-8-4-3-5-9-20)21(25(31)33)17-22-26(34)32(15-16-35-2)27(36)37-22/h3-10,17H,11-16,18H2,1-2H3. The fraction of sp³-hybridized carbons (Fsp3) is 0.333. The van der Waals surface area contributed by atoms with Crippen LogP contribution in [0, 0.1) is 6.92 Å². The maximum atomic E-state index is 13.7. The maximum Gasteiger partial charge on any atom is 0.267 e. The van der Waals surface area contributed by atoms with E-state index in [0.717, 1.165) is 38.3 Å². The molecule has 0 unspecified atom stereocenters. The Morgan fingerprint density at radius 2 is 1.84 bits per heavy atom. The van der Waals surface area contributed by atoms with Gasteiger partial charge in [-0.25, -0.2) is 4.98 Å². The summed E-state index contributed by atoms with van der Waals surface area (Å²) in [5, 5.41) is 0. The van der Waals surface area contributed by atoms with E-state index in [-0.39, 0.29) is 11.5 Å². The quantitative estimate of drug-likeness (QED) is 0.338. The van der Waals surface area contributed by atoms with Gasteiger partial charge >= 0.3 is 0 Å². The van der Waals surface area contributed by atoms with E-state index in [1.807, 2.05) is 25.1 Å². The Labute approximate surface area is 225 Å². The molecule has 4 heterocycles. The number of thiocarbonyl (C=S) groups is 1. The van der Waals surface area contributed by atoms with Crippen molar-refractivity contribution in [2.75, 3.05) is 51.3 Å². The van der Waals surface area contributed by atoms with Gasteiger partial charge in [-0.2, -0.15) is 0 Å². The van der Waals surface area contributed by atoms with Crippen molar-refractivity contribution < 1.29 is 9.53 Å². The predicted molar refractivity (Wildman–Crippen MR) is 152 cm³/mol. The molecule has 0 atom stereocenters. The van der Waals surface area contributed by atoms with Crippen LogP contribution < -0.4 is 10.5 Å². The first-order chi connectivity index (χ1) is 18.0. The first-order valence-electron chi connectivity index (χ1n) is 12.2. The molecule has 0 N–H and O–H groups in total. The third kappa shape index (κ3) is 5.33. The van der Waals surface area contributed by atoms with Crippen molar-refractivity contribution in [3.63, 3.8) is 0 Å². The van der Waals surface area contributed by atoms with E-state index in [9.17, 15) is 9.59 Å². The molecule has 1 aromatic carbocycles. The van der Waals surface area contributed by atoms with Gasteiger partial charge in [0.15, 0.2) is 0 Å². The van der Waals surface area contributed by atoms with Gasteiger partial charge in [0.05, 0.1) is 23.6 Å². The number of benzene rings is 1. The average Bonchev–Trinajstić information content (AvgIpc) is 3.17. The van der Waals surface area contributed by atoms with Crippen LogP contribution >= 0.6 is 24.0 Å². The molecule has 2 saturated heterocycles. The lowest BCUT2D eigenvalue weighted by molar-refractivity contribution is -0.122. The van der Waals surface area contributed by atoms with Crippen molar-refractivity contribution in [2.45, 2.75) is 13.5 Å². The summed E-state index contributed by atoms with van der Waals surface area (Å²) in [4.78, 5) is 38.3. The van der Waals surface area contributed by atoms with E-state index in [1.54, 1.807) is 23.8 Å². The van der Waals surface area contributed by atoms with Crippen LogP contribution in [0.5, 0.6) is 0 Å². The number of rotatable bonds is 7. The van der Waals surface area contributed by atoms with E-state index in [0.29, 0.717) is 39.4 Å². The highest BCUT2D eigenvalue weighted by atomic mass is 32.2. The number of fused-ring (bicyclic) bond motifs is 1. The van der Waals surface area contributed by atoms with Gasteiger partial charge in [-0.1, -0.05) is 60.4 Å². The molecule has 2 fully saturated rings. The molecule has 37 heavy (non-hydrogen) atoms. The van der Waals surface area contributed by atoms with Crippen molar-refractivity contribution in [2.24, 2.45) is 0 Å². The lowest BCUT2D eigenvalue weighted by Gasteiger charge is -2.36. The van der Waals surface area contributed by atoms with Crippen LogP contribution in [0.1, 0.15) is 16.7 Å². The Bertz CT molecular complexity index is 1410. The Morgan fingerprint density at radius 1 is 1.08 bits per heavy atom. The number of aromatic nitrogens is 2. The van der Waals surface area contributed by atoms with Crippen LogP contribution in [0.4, 0.5) is 5.82 Å². The highest BCUT2D eigenvalue weighted by Gasteiger charge is 2.33. The molecule has 2 aromatic heterocycles. The fourth-order valence-electron chi connectivity index (χ4n) is 4.63. The number of aryl methyl sites for hydroxylation is 1. The number of ether oxygens (including phenoxy) is 1. The number of thioether (sulfide) groups is 1.